The van der Waals surface area contributed by atoms with Gasteiger partial charge < -0.3 is 5.32 Å². The molecule has 100 valence electrons. The number of Topliss-reactive ketones (excluding diaryl/α,β-unsaturated/α-hetero) is 1. The van der Waals surface area contributed by atoms with Crippen molar-refractivity contribution in [1.29, 1.82) is 0 Å². The number of aromatic nitrogens is 4. The highest BCUT2D eigenvalue weighted by Gasteiger charge is 2.22. The Balaban J connectivity index is 1.79. The van der Waals surface area contributed by atoms with Crippen LogP contribution >= 0.6 is 0 Å². The summed E-state index contributed by atoms with van der Waals surface area (Å²) in [6.07, 6.45) is 3.36. The molecule has 0 amide bonds. The number of carbonyl (C=O) groups is 1. The monoisotopic (exact) mass is 251 g/mol. The smallest absolute Gasteiger partial charge is 0.182 e. The van der Waals surface area contributed by atoms with Gasteiger partial charge in [0.1, 0.15) is 5.78 Å². The number of ketones is 1. The van der Waals surface area contributed by atoms with Gasteiger partial charge in [0, 0.05) is 6.42 Å². The number of piperidine rings is 1. The number of nitrogens with zero attached hydrogens (tertiary/aromatic N) is 4. The summed E-state index contributed by atoms with van der Waals surface area (Å²) in [5.74, 6) is 1.79. The number of tetrazole rings is 1. The number of aryl methyl sites for hydroxylation is 1. The van der Waals surface area contributed by atoms with Gasteiger partial charge in [-0.2, -0.15) is 4.80 Å². The largest absolute Gasteiger partial charge is 0.316 e. The van der Waals surface area contributed by atoms with E-state index in [0.29, 0.717) is 30.5 Å². The highest BCUT2D eigenvalue weighted by Crippen LogP contribution is 2.22. The van der Waals surface area contributed by atoms with Crippen LogP contribution in [0.2, 0.25) is 0 Å². The lowest BCUT2D eigenvalue weighted by Gasteiger charge is -2.27. The second-order valence-electron chi connectivity index (χ2n) is 5.20. The lowest BCUT2D eigenvalue weighted by Crippen LogP contribution is -2.34. The Labute approximate surface area is 107 Å². The van der Waals surface area contributed by atoms with E-state index < -0.39 is 0 Å². The van der Waals surface area contributed by atoms with E-state index in [2.05, 4.69) is 27.7 Å². The molecule has 1 saturated heterocycles. The summed E-state index contributed by atoms with van der Waals surface area (Å²) in [5.41, 5.74) is 0. The maximum Gasteiger partial charge on any atom is 0.182 e. The lowest BCUT2D eigenvalue weighted by molar-refractivity contribution is -0.119. The van der Waals surface area contributed by atoms with Gasteiger partial charge in [-0.25, -0.2) is 0 Å². The van der Waals surface area contributed by atoms with E-state index >= 15 is 0 Å². The average molecular weight is 251 g/mol. The van der Waals surface area contributed by atoms with Crippen molar-refractivity contribution in [3.63, 3.8) is 0 Å². The van der Waals surface area contributed by atoms with Crippen LogP contribution in [-0.2, 0) is 18.3 Å². The van der Waals surface area contributed by atoms with Gasteiger partial charge in [0.15, 0.2) is 5.82 Å². The predicted octanol–water partition coefficient (Wildman–Crippen LogP) is 0.347. The molecule has 1 N–H and O–H groups in total. The zero-order valence-corrected chi connectivity index (χ0v) is 11.1. The molecule has 18 heavy (non-hydrogen) atoms. The van der Waals surface area contributed by atoms with E-state index in [1.165, 1.54) is 17.6 Å². The molecular formula is C12H21N5O. The highest BCUT2D eigenvalue weighted by molar-refractivity contribution is 5.80. The molecule has 2 unspecified atom stereocenters. The van der Waals surface area contributed by atoms with Crippen molar-refractivity contribution < 1.29 is 4.79 Å². The summed E-state index contributed by atoms with van der Waals surface area (Å²) in [5, 5.41) is 15.0. The quantitative estimate of drug-likeness (QED) is 0.817. The van der Waals surface area contributed by atoms with E-state index in [0.717, 1.165) is 13.1 Å². The highest BCUT2D eigenvalue weighted by atomic mass is 16.1. The molecule has 2 heterocycles. The normalized spacial score (nSPS) is 21.8. The van der Waals surface area contributed by atoms with E-state index in [1.807, 2.05) is 0 Å². The summed E-state index contributed by atoms with van der Waals surface area (Å²) in [6, 6.07) is 0. The van der Waals surface area contributed by atoms with Crippen LogP contribution in [0.5, 0.6) is 0 Å². The van der Waals surface area contributed by atoms with Crippen molar-refractivity contribution in [3.05, 3.63) is 5.82 Å². The third kappa shape index (κ3) is 3.60. The first-order valence-corrected chi connectivity index (χ1v) is 6.60. The van der Waals surface area contributed by atoms with Crippen molar-refractivity contribution in [2.24, 2.45) is 18.9 Å². The maximum absolute atomic E-state index is 11.9. The van der Waals surface area contributed by atoms with Gasteiger partial charge in [0.25, 0.3) is 0 Å². The van der Waals surface area contributed by atoms with Gasteiger partial charge in [-0.3, -0.25) is 4.79 Å². The number of carbonyl (C=O) groups excluding carboxylic acids is 1. The third-order valence-corrected chi connectivity index (χ3v) is 3.59. The first kappa shape index (κ1) is 13.1. The minimum absolute atomic E-state index is 0.209. The first-order chi connectivity index (χ1) is 8.65. The van der Waals surface area contributed by atoms with Crippen LogP contribution in [0.3, 0.4) is 0 Å². The standard InChI is InChI=1S/C12H21N5O/c1-9(10-4-3-5-13-8-10)6-11(18)7-12-14-16-17(2)15-12/h9-10,13H,3-8H2,1-2H3. The van der Waals surface area contributed by atoms with E-state index in [-0.39, 0.29) is 5.78 Å². The first-order valence-electron chi connectivity index (χ1n) is 6.60. The Kier molecular flexibility index (Phi) is 4.41. The van der Waals surface area contributed by atoms with Crippen LogP contribution in [0.4, 0.5) is 0 Å². The number of hydrogen-bond acceptors (Lipinski definition) is 5. The minimum atomic E-state index is 0.209. The second-order valence-corrected chi connectivity index (χ2v) is 5.20. The molecule has 0 radical (unpaired) electrons. The summed E-state index contributed by atoms with van der Waals surface area (Å²) < 4.78 is 0. The zero-order valence-electron chi connectivity index (χ0n) is 11.1. The third-order valence-electron chi connectivity index (χ3n) is 3.59. The van der Waals surface area contributed by atoms with Gasteiger partial charge >= 0.3 is 0 Å². The molecule has 1 fully saturated rings. The van der Waals surface area contributed by atoms with Gasteiger partial charge in [-0.1, -0.05) is 6.92 Å². The van der Waals surface area contributed by atoms with Crippen LogP contribution in [0.25, 0.3) is 0 Å². The molecule has 2 atom stereocenters. The molecule has 2 rings (SSSR count). The summed E-state index contributed by atoms with van der Waals surface area (Å²) in [6.45, 7) is 4.32. The molecule has 0 spiro atoms. The SMILES string of the molecule is CC(CC(=O)Cc1nnn(C)n1)C1CCCNC1. The van der Waals surface area contributed by atoms with Gasteiger partial charge in [0.2, 0.25) is 0 Å². The maximum atomic E-state index is 11.9. The van der Waals surface area contributed by atoms with Crippen LogP contribution in [0.15, 0.2) is 0 Å². The number of nitrogens with one attached hydrogen (secondary N) is 1. The van der Waals surface area contributed by atoms with Crippen molar-refractivity contribution in [2.45, 2.75) is 32.6 Å². The molecule has 0 aromatic carbocycles. The van der Waals surface area contributed by atoms with E-state index in [9.17, 15) is 4.79 Å². The second kappa shape index (κ2) is 6.04. The van der Waals surface area contributed by atoms with E-state index in [4.69, 9.17) is 0 Å². The Morgan fingerprint density at radius 1 is 1.61 bits per heavy atom. The molecule has 0 saturated carbocycles. The summed E-state index contributed by atoms with van der Waals surface area (Å²) in [7, 11) is 1.71. The lowest BCUT2D eigenvalue weighted by atomic mass is 9.84. The number of hydrogen-bond donors (Lipinski definition) is 1. The Bertz CT molecular complexity index is 397. The topological polar surface area (TPSA) is 72.7 Å². The Hall–Kier alpha value is -1.30. The molecule has 1 aromatic rings. The van der Waals surface area contributed by atoms with Crippen LogP contribution in [0, 0.1) is 11.8 Å². The van der Waals surface area contributed by atoms with Crippen LogP contribution in [-0.4, -0.2) is 39.1 Å². The minimum Gasteiger partial charge on any atom is -0.316 e. The molecule has 1 aliphatic rings. The van der Waals surface area contributed by atoms with Crippen molar-refractivity contribution in [1.82, 2.24) is 25.5 Å². The molecule has 0 bridgehead atoms. The zero-order chi connectivity index (χ0) is 13.0. The van der Waals surface area contributed by atoms with Crippen molar-refractivity contribution in [2.75, 3.05) is 13.1 Å². The van der Waals surface area contributed by atoms with Crippen LogP contribution in [0.1, 0.15) is 32.0 Å². The van der Waals surface area contributed by atoms with Crippen molar-refractivity contribution in [3.8, 4) is 0 Å². The summed E-state index contributed by atoms with van der Waals surface area (Å²) in [4.78, 5) is 13.3. The average Bonchev–Trinajstić information content (AvgIpc) is 2.75. The molecule has 6 nitrogen and oxygen atoms in total. The van der Waals surface area contributed by atoms with Crippen molar-refractivity contribution >= 4 is 5.78 Å². The summed E-state index contributed by atoms with van der Waals surface area (Å²) >= 11 is 0. The van der Waals surface area contributed by atoms with Crippen LogP contribution < -0.4 is 5.32 Å². The molecule has 1 aromatic heterocycles. The Morgan fingerprint density at radius 3 is 3.06 bits per heavy atom. The molecule has 6 heteroatoms. The molecule has 1 aliphatic heterocycles. The fourth-order valence-electron chi connectivity index (χ4n) is 2.53. The number of rotatable bonds is 5. The fourth-order valence-corrected chi connectivity index (χ4v) is 2.53. The molecule has 0 aliphatic carbocycles. The fraction of sp³-hybridized carbons (Fsp3) is 0.833. The Morgan fingerprint density at radius 2 is 2.44 bits per heavy atom. The van der Waals surface area contributed by atoms with E-state index in [1.54, 1.807) is 7.05 Å². The van der Waals surface area contributed by atoms with Gasteiger partial charge in [-0.15, -0.1) is 10.2 Å². The van der Waals surface area contributed by atoms with Gasteiger partial charge in [0.05, 0.1) is 13.5 Å². The van der Waals surface area contributed by atoms with Gasteiger partial charge in [-0.05, 0) is 43.0 Å². The predicted molar refractivity (Wildman–Crippen MR) is 66.9 cm³/mol. The molecular weight excluding hydrogens is 230 g/mol.